The van der Waals surface area contributed by atoms with E-state index in [9.17, 15) is 9.59 Å². The van der Waals surface area contributed by atoms with Crippen molar-refractivity contribution in [3.8, 4) is 5.75 Å². The number of hydrogen-bond donors (Lipinski definition) is 0. The maximum absolute atomic E-state index is 13.6. The van der Waals surface area contributed by atoms with E-state index in [0.29, 0.717) is 27.2 Å². The van der Waals surface area contributed by atoms with Crippen molar-refractivity contribution in [2.75, 3.05) is 6.61 Å². The van der Waals surface area contributed by atoms with Gasteiger partial charge in [-0.05, 0) is 70.6 Å². The zero-order chi connectivity index (χ0) is 25.9. The highest BCUT2D eigenvalue weighted by molar-refractivity contribution is 9.10. The highest BCUT2D eigenvalue weighted by Crippen LogP contribution is 2.33. The quantitative estimate of drug-likeness (QED) is 0.276. The molecular weight excluding hydrogens is 572 g/mol. The first-order chi connectivity index (χ1) is 18.0. The van der Waals surface area contributed by atoms with E-state index in [-0.39, 0.29) is 12.2 Å². The Labute approximate surface area is 230 Å². The van der Waals surface area contributed by atoms with Crippen LogP contribution in [0, 0.1) is 0 Å². The molecule has 2 aromatic carbocycles. The maximum atomic E-state index is 13.6. The van der Waals surface area contributed by atoms with Gasteiger partial charge in [0.2, 0.25) is 0 Å². The second-order valence-corrected chi connectivity index (χ2v) is 11.1. The van der Waals surface area contributed by atoms with E-state index >= 15 is 0 Å². The van der Waals surface area contributed by atoms with Gasteiger partial charge in [0, 0.05) is 4.88 Å². The van der Waals surface area contributed by atoms with Gasteiger partial charge < -0.3 is 9.47 Å². The zero-order valence-electron chi connectivity index (χ0n) is 20.1. The number of carbonyl (C=O) groups excluding carboxylic acids is 1. The lowest BCUT2D eigenvalue weighted by atomic mass is 10.0. The van der Waals surface area contributed by atoms with Gasteiger partial charge in [-0.25, -0.2) is 9.79 Å². The minimum atomic E-state index is -0.571. The number of hydrogen-bond acceptors (Lipinski definition) is 7. The molecule has 0 spiro atoms. The van der Waals surface area contributed by atoms with Crippen molar-refractivity contribution in [1.82, 2.24) is 4.57 Å². The lowest BCUT2D eigenvalue weighted by molar-refractivity contribution is -0.139. The van der Waals surface area contributed by atoms with E-state index in [1.165, 1.54) is 22.7 Å². The van der Waals surface area contributed by atoms with Crippen LogP contribution in [0.15, 0.2) is 91.6 Å². The number of fused-ring (bicyclic) bond motifs is 1. The van der Waals surface area contributed by atoms with E-state index in [0.717, 1.165) is 26.2 Å². The number of thiophene rings is 1. The third kappa shape index (κ3) is 5.25. The van der Waals surface area contributed by atoms with Gasteiger partial charge in [-0.2, -0.15) is 0 Å². The molecule has 3 heterocycles. The molecule has 0 amide bonds. The van der Waals surface area contributed by atoms with Crippen LogP contribution in [0.2, 0.25) is 0 Å². The number of esters is 1. The van der Waals surface area contributed by atoms with Crippen LogP contribution in [0.3, 0.4) is 0 Å². The number of nitrogens with zero attached hydrogens (tertiary/aromatic N) is 2. The molecule has 9 heteroatoms. The standard InChI is InChI=1S/C28H23BrN2O4S2/c1-3-34-27(33)24-17(2)30-28-31(25(24)22-10-7-13-36-22)26(32)23(37-28)15-19-11-12-21(20(29)14-19)35-16-18-8-5-4-6-9-18/h4-15,25H,3,16H2,1-2H3/b23-15-/t25-/m1/s1. The molecule has 1 aliphatic heterocycles. The summed E-state index contributed by atoms with van der Waals surface area (Å²) in [4.78, 5) is 32.6. The molecule has 0 saturated carbocycles. The molecule has 4 aromatic rings. The number of halogens is 1. The summed E-state index contributed by atoms with van der Waals surface area (Å²) in [5.74, 6) is 0.265. The fourth-order valence-corrected chi connectivity index (χ4v) is 6.50. The minimum absolute atomic E-state index is 0.197. The molecule has 0 fully saturated rings. The topological polar surface area (TPSA) is 69.9 Å². The summed E-state index contributed by atoms with van der Waals surface area (Å²) in [6.45, 7) is 4.26. The summed E-state index contributed by atoms with van der Waals surface area (Å²) in [5.41, 5.74) is 2.69. The third-order valence-corrected chi connectivity index (χ3v) is 8.35. The number of aromatic nitrogens is 1. The van der Waals surface area contributed by atoms with E-state index in [2.05, 4.69) is 20.9 Å². The molecule has 5 rings (SSSR count). The Morgan fingerprint density at radius 2 is 1.97 bits per heavy atom. The van der Waals surface area contributed by atoms with E-state index in [1.807, 2.05) is 72.1 Å². The molecule has 0 N–H and O–H groups in total. The van der Waals surface area contributed by atoms with Gasteiger partial charge in [-0.15, -0.1) is 11.3 Å². The van der Waals surface area contributed by atoms with Crippen molar-refractivity contribution in [2.24, 2.45) is 4.99 Å². The molecule has 37 heavy (non-hydrogen) atoms. The van der Waals surface area contributed by atoms with Crippen LogP contribution in [-0.2, 0) is 16.1 Å². The highest BCUT2D eigenvalue weighted by Gasteiger charge is 2.33. The fourth-order valence-electron chi connectivity index (χ4n) is 4.12. The lowest BCUT2D eigenvalue weighted by Gasteiger charge is -2.23. The Balaban J connectivity index is 1.51. The molecule has 0 saturated heterocycles. The Morgan fingerprint density at radius 1 is 1.16 bits per heavy atom. The van der Waals surface area contributed by atoms with Gasteiger partial charge in [-0.3, -0.25) is 9.36 Å². The van der Waals surface area contributed by atoms with Crippen molar-refractivity contribution in [3.63, 3.8) is 0 Å². The van der Waals surface area contributed by atoms with Crippen LogP contribution < -0.4 is 19.6 Å². The predicted molar refractivity (Wildman–Crippen MR) is 150 cm³/mol. The molecule has 0 aliphatic carbocycles. The van der Waals surface area contributed by atoms with Gasteiger partial charge in [0.15, 0.2) is 4.80 Å². The van der Waals surface area contributed by atoms with Crippen LogP contribution >= 0.6 is 38.6 Å². The number of carbonyl (C=O) groups is 1. The number of thiazole rings is 1. The van der Waals surface area contributed by atoms with Crippen LogP contribution in [0.4, 0.5) is 0 Å². The molecule has 2 aromatic heterocycles. The summed E-state index contributed by atoms with van der Waals surface area (Å²) in [5, 5.41) is 1.93. The Bertz CT molecular complexity index is 1650. The molecular formula is C28H23BrN2O4S2. The van der Waals surface area contributed by atoms with Crippen LogP contribution in [0.1, 0.15) is 35.9 Å². The second-order valence-electron chi connectivity index (χ2n) is 8.28. The first kappa shape index (κ1) is 25.4. The summed E-state index contributed by atoms with van der Waals surface area (Å²) >= 11 is 6.39. The van der Waals surface area contributed by atoms with Crippen molar-refractivity contribution >= 4 is 50.6 Å². The number of allylic oxidation sites excluding steroid dienone is 1. The predicted octanol–water partition coefficient (Wildman–Crippen LogP) is 5.20. The summed E-state index contributed by atoms with van der Waals surface area (Å²) in [6.07, 6.45) is 1.84. The van der Waals surface area contributed by atoms with E-state index in [4.69, 9.17) is 9.47 Å². The molecule has 1 aliphatic rings. The van der Waals surface area contributed by atoms with Crippen LogP contribution in [0.5, 0.6) is 5.75 Å². The van der Waals surface area contributed by atoms with E-state index < -0.39 is 12.0 Å². The largest absolute Gasteiger partial charge is 0.488 e. The second kappa shape index (κ2) is 11.0. The summed E-state index contributed by atoms with van der Waals surface area (Å²) in [6, 6.07) is 18.9. The normalized spacial score (nSPS) is 15.3. The van der Waals surface area contributed by atoms with Crippen molar-refractivity contribution in [3.05, 3.63) is 117 Å². The van der Waals surface area contributed by atoms with Gasteiger partial charge >= 0.3 is 5.97 Å². The zero-order valence-corrected chi connectivity index (χ0v) is 23.4. The van der Waals surface area contributed by atoms with E-state index in [1.54, 1.807) is 18.4 Å². The average molecular weight is 596 g/mol. The fraction of sp³-hybridized carbons (Fsp3) is 0.179. The number of rotatable bonds is 7. The Kier molecular flexibility index (Phi) is 7.55. The molecule has 0 unspecified atom stereocenters. The summed E-state index contributed by atoms with van der Waals surface area (Å²) < 4.78 is 14.2. The maximum Gasteiger partial charge on any atom is 0.338 e. The van der Waals surface area contributed by atoms with Gasteiger partial charge in [0.25, 0.3) is 5.56 Å². The highest BCUT2D eigenvalue weighted by atomic mass is 79.9. The average Bonchev–Trinajstić information content (AvgIpc) is 3.52. The van der Waals surface area contributed by atoms with Crippen LogP contribution in [-0.4, -0.2) is 17.1 Å². The number of ether oxygens (including phenoxy) is 2. The van der Waals surface area contributed by atoms with Crippen LogP contribution in [0.25, 0.3) is 6.08 Å². The molecule has 0 radical (unpaired) electrons. The molecule has 1 atom stereocenters. The third-order valence-electron chi connectivity index (χ3n) is 5.82. The smallest absolute Gasteiger partial charge is 0.338 e. The lowest BCUT2D eigenvalue weighted by Crippen LogP contribution is -2.39. The van der Waals surface area contributed by atoms with Gasteiger partial charge in [-0.1, -0.05) is 53.8 Å². The summed E-state index contributed by atoms with van der Waals surface area (Å²) in [7, 11) is 0. The molecule has 6 nitrogen and oxygen atoms in total. The molecule has 0 bridgehead atoms. The number of benzene rings is 2. The Hall–Kier alpha value is -3.27. The first-order valence-electron chi connectivity index (χ1n) is 11.7. The first-order valence-corrected chi connectivity index (χ1v) is 14.1. The van der Waals surface area contributed by atoms with Crippen molar-refractivity contribution in [2.45, 2.75) is 26.5 Å². The van der Waals surface area contributed by atoms with Gasteiger partial charge in [0.1, 0.15) is 18.4 Å². The van der Waals surface area contributed by atoms with Crippen molar-refractivity contribution in [1.29, 1.82) is 0 Å². The molecule has 188 valence electrons. The monoisotopic (exact) mass is 594 g/mol. The van der Waals surface area contributed by atoms with Crippen molar-refractivity contribution < 1.29 is 14.3 Å². The Morgan fingerprint density at radius 3 is 2.68 bits per heavy atom. The van der Waals surface area contributed by atoms with Gasteiger partial charge in [0.05, 0.1) is 26.9 Å². The minimum Gasteiger partial charge on any atom is -0.488 e. The SMILES string of the molecule is CCOC(=O)C1=C(C)N=c2s/c(=C\c3ccc(OCc4ccccc4)c(Br)c3)c(=O)n2[C@@H]1c1cccs1.